The minimum absolute atomic E-state index is 0.194. The van der Waals surface area contributed by atoms with E-state index in [4.69, 9.17) is 23.2 Å². The molecule has 2 N–H and O–H groups in total. The predicted octanol–water partition coefficient (Wildman–Crippen LogP) is 2.58. The first-order chi connectivity index (χ1) is 11.5. The molecule has 2 aromatic carbocycles. The van der Waals surface area contributed by atoms with E-state index in [9.17, 15) is 4.79 Å². The van der Waals surface area contributed by atoms with E-state index in [2.05, 4.69) is 17.3 Å². The molecular weight excluding hydrogens is 345 g/mol. The Morgan fingerprint density at radius 2 is 1.79 bits per heavy atom. The number of nitrogens with one attached hydrogen (secondary N) is 2. The highest BCUT2D eigenvalue weighted by molar-refractivity contribution is 6.42. The van der Waals surface area contributed by atoms with E-state index >= 15 is 0 Å². The summed E-state index contributed by atoms with van der Waals surface area (Å²) >= 11 is 11.9. The van der Waals surface area contributed by atoms with Crippen LogP contribution < -0.4 is 15.1 Å². The lowest BCUT2D eigenvalue weighted by Crippen LogP contribution is -3.12. The van der Waals surface area contributed by atoms with E-state index in [1.165, 1.54) is 4.90 Å². The fourth-order valence-corrected chi connectivity index (χ4v) is 3.11. The number of carbonyl (C=O) groups excluding carboxylic acids is 1. The number of anilines is 2. The molecule has 0 aliphatic carbocycles. The summed E-state index contributed by atoms with van der Waals surface area (Å²) in [6, 6.07) is 12.8. The maximum atomic E-state index is 12.5. The zero-order chi connectivity index (χ0) is 17.1. The molecule has 1 amide bonds. The molecule has 0 atom stereocenters. The molecule has 0 aromatic heterocycles. The van der Waals surface area contributed by atoms with Gasteiger partial charge in [0.1, 0.15) is 0 Å². The van der Waals surface area contributed by atoms with Crippen molar-refractivity contribution in [2.24, 2.45) is 0 Å². The minimum atomic E-state index is -0.194. The number of piperazine rings is 1. The highest BCUT2D eigenvalue weighted by Crippen LogP contribution is 2.27. The van der Waals surface area contributed by atoms with Crippen LogP contribution in [0.4, 0.5) is 11.4 Å². The third kappa shape index (κ3) is 3.83. The third-order valence-electron chi connectivity index (χ3n) is 4.29. The third-order valence-corrected chi connectivity index (χ3v) is 5.03. The molecule has 126 valence electrons. The second-order valence-electron chi connectivity index (χ2n) is 6.04. The number of likely N-dealkylation sites (N-methyl/N-ethyl adjacent to an activating group) is 1. The molecule has 4 nitrogen and oxygen atoms in total. The predicted molar refractivity (Wildman–Crippen MR) is 99.7 cm³/mol. The highest BCUT2D eigenvalue weighted by atomic mass is 35.5. The average molecular weight is 365 g/mol. The smallest absolute Gasteiger partial charge is 0.255 e. The van der Waals surface area contributed by atoms with Crippen LogP contribution in [0.3, 0.4) is 0 Å². The molecule has 24 heavy (non-hydrogen) atoms. The van der Waals surface area contributed by atoms with Gasteiger partial charge in [-0.1, -0.05) is 35.3 Å². The first-order valence-corrected chi connectivity index (χ1v) is 8.72. The van der Waals surface area contributed by atoms with Crippen LogP contribution in [0.15, 0.2) is 42.5 Å². The number of halogens is 2. The van der Waals surface area contributed by atoms with Crippen molar-refractivity contribution in [3.63, 3.8) is 0 Å². The standard InChI is InChI=1S/C18H19Cl2N3O/c1-22-8-10-23(11-9-22)17-5-3-2-4-16(17)21-18(24)13-6-7-14(19)15(20)12-13/h2-7,12H,8-11H2,1H3,(H,21,24)/p+1. The summed E-state index contributed by atoms with van der Waals surface area (Å²) in [4.78, 5) is 16.4. The Morgan fingerprint density at radius 3 is 2.50 bits per heavy atom. The number of para-hydroxylation sites is 2. The summed E-state index contributed by atoms with van der Waals surface area (Å²) < 4.78 is 0. The van der Waals surface area contributed by atoms with Gasteiger partial charge >= 0.3 is 0 Å². The van der Waals surface area contributed by atoms with Crippen LogP contribution in [-0.4, -0.2) is 39.1 Å². The quantitative estimate of drug-likeness (QED) is 0.877. The summed E-state index contributed by atoms with van der Waals surface area (Å²) in [5, 5.41) is 3.81. The molecule has 0 radical (unpaired) electrons. The Balaban J connectivity index is 1.80. The van der Waals surface area contributed by atoms with Crippen LogP contribution in [0.1, 0.15) is 10.4 Å². The van der Waals surface area contributed by atoms with Gasteiger partial charge < -0.3 is 15.1 Å². The van der Waals surface area contributed by atoms with Crippen LogP contribution in [0.2, 0.25) is 10.0 Å². The summed E-state index contributed by atoms with van der Waals surface area (Å²) in [5.74, 6) is -0.194. The topological polar surface area (TPSA) is 36.8 Å². The number of rotatable bonds is 3. The van der Waals surface area contributed by atoms with Gasteiger partial charge in [-0.3, -0.25) is 4.79 Å². The Hall–Kier alpha value is -1.75. The minimum Gasteiger partial charge on any atom is -0.359 e. The summed E-state index contributed by atoms with van der Waals surface area (Å²) in [7, 11) is 2.20. The largest absolute Gasteiger partial charge is 0.359 e. The van der Waals surface area contributed by atoms with Crippen molar-refractivity contribution in [1.29, 1.82) is 0 Å². The van der Waals surface area contributed by atoms with Crippen molar-refractivity contribution in [2.45, 2.75) is 0 Å². The zero-order valence-corrected chi connectivity index (χ0v) is 15.0. The van der Waals surface area contributed by atoms with Crippen molar-refractivity contribution in [1.82, 2.24) is 0 Å². The van der Waals surface area contributed by atoms with E-state index in [1.54, 1.807) is 18.2 Å². The Kier molecular flexibility index (Phi) is 5.29. The summed E-state index contributed by atoms with van der Waals surface area (Å²) in [6.07, 6.45) is 0. The molecule has 0 bridgehead atoms. The van der Waals surface area contributed by atoms with Gasteiger partial charge in [-0.05, 0) is 30.3 Å². The van der Waals surface area contributed by atoms with Crippen molar-refractivity contribution in [3.8, 4) is 0 Å². The normalized spacial score (nSPS) is 15.4. The van der Waals surface area contributed by atoms with Crippen LogP contribution in [0.25, 0.3) is 0 Å². The molecule has 1 fully saturated rings. The van der Waals surface area contributed by atoms with E-state index in [0.29, 0.717) is 15.6 Å². The van der Waals surface area contributed by atoms with Crippen molar-refractivity contribution < 1.29 is 9.69 Å². The van der Waals surface area contributed by atoms with Gasteiger partial charge in [-0.15, -0.1) is 0 Å². The molecule has 6 heteroatoms. The number of carbonyl (C=O) groups is 1. The number of quaternary nitrogens is 1. The molecule has 1 saturated heterocycles. The Morgan fingerprint density at radius 1 is 1.08 bits per heavy atom. The second kappa shape index (κ2) is 7.43. The first kappa shape index (κ1) is 17.1. The van der Waals surface area contributed by atoms with Crippen molar-refractivity contribution in [2.75, 3.05) is 43.4 Å². The number of amides is 1. The van der Waals surface area contributed by atoms with Crippen LogP contribution >= 0.6 is 23.2 Å². The molecule has 1 heterocycles. The van der Waals surface area contributed by atoms with E-state index in [1.807, 2.05) is 24.3 Å². The number of hydrogen-bond donors (Lipinski definition) is 2. The van der Waals surface area contributed by atoms with Crippen LogP contribution in [-0.2, 0) is 0 Å². The van der Waals surface area contributed by atoms with Gasteiger partial charge in [0.05, 0.1) is 54.6 Å². The van der Waals surface area contributed by atoms with Gasteiger partial charge in [-0.25, -0.2) is 0 Å². The fourth-order valence-electron chi connectivity index (χ4n) is 2.82. The first-order valence-electron chi connectivity index (χ1n) is 7.96. The number of nitrogens with zero attached hydrogens (tertiary/aromatic N) is 1. The SMILES string of the molecule is C[NH+]1CCN(c2ccccc2NC(=O)c2ccc(Cl)c(Cl)c2)CC1. The highest BCUT2D eigenvalue weighted by Gasteiger charge is 2.20. The maximum Gasteiger partial charge on any atom is 0.255 e. The van der Waals surface area contributed by atoms with E-state index in [-0.39, 0.29) is 5.91 Å². The lowest BCUT2D eigenvalue weighted by Gasteiger charge is -2.33. The summed E-state index contributed by atoms with van der Waals surface area (Å²) in [6.45, 7) is 4.14. The van der Waals surface area contributed by atoms with Crippen LogP contribution in [0, 0.1) is 0 Å². The van der Waals surface area contributed by atoms with Gasteiger partial charge in [0.2, 0.25) is 0 Å². The average Bonchev–Trinajstić information content (AvgIpc) is 2.58. The molecule has 1 aliphatic heterocycles. The molecule has 1 aliphatic rings. The molecule has 3 rings (SSSR count). The number of benzene rings is 2. The van der Waals surface area contributed by atoms with Crippen LogP contribution in [0.5, 0.6) is 0 Å². The lowest BCUT2D eigenvalue weighted by atomic mass is 10.1. The maximum absolute atomic E-state index is 12.5. The Bertz CT molecular complexity index is 743. The van der Waals surface area contributed by atoms with E-state index < -0.39 is 0 Å². The van der Waals surface area contributed by atoms with Gasteiger partial charge in [-0.2, -0.15) is 0 Å². The lowest BCUT2D eigenvalue weighted by molar-refractivity contribution is -0.880. The zero-order valence-electron chi connectivity index (χ0n) is 13.5. The van der Waals surface area contributed by atoms with Crippen molar-refractivity contribution >= 4 is 40.5 Å². The molecule has 0 unspecified atom stereocenters. The Labute approximate surface area is 152 Å². The van der Waals surface area contributed by atoms with E-state index in [0.717, 1.165) is 37.6 Å². The van der Waals surface area contributed by atoms with Gasteiger partial charge in [0.15, 0.2) is 0 Å². The van der Waals surface area contributed by atoms with Gasteiger partial charge in [0.25, 0.3) is 5.91 Å². The molecule has 2 aromatic rings. The fraction of sp³-hybridized carbons (Fsp3) is 0.278. The number of hydrogen-bond acceptors (Lipinski definition) is 2. The monoisotopic (exact) mass is 364 g/mol. The van der Waals surface area contributed by atoms with Gasteiger partial charge in [0, 0.05) is 5.56 Å². The molecular formula is C18H20Cl2N3O+. The molecule has 0 spiro atoms. The van der Waals surface area contributed by atoms with Crippen molar-refractivity contribution in [3.05, 3.63) is 58.1 Å². The second-order valence-corrected chi connectivity index (χ2v) is 6.86. The summed E-state index contributed by atoms with van der Waals surface area (Å²) in [5.41, 5.74) is 2.36. The molecule has 0 saturated carbocycles.